The summed E-state index contributed by atoms with van der Waals surface area (Å²) < 4.78 is 3.17. The Morgan fingerprint density at radius 3 is 2.47 bits per heavy atom. The standard InChI is InChI=1S/C15H20N2O2/c1-5-10(2)8-14(18)11-6-7-12-13(9-11)17(4)15(19)16(12)3/h6-7,9-10H,5,8H2,1-4H3. The molecular formula is C15H20N2O2. The van der Waals surface area contributed by atoms with Crippen LogP contribution in [-0.4, -0.2) is 14.9 Å². The Morgan fingerprint density at radius 1 is 1.21 bits per heavy atom. The zero-order valence-corrected chi connectivity index (χ0v) is 11.9. The number of Topliss-reactive ketones (excluding diaryl/α,β-unsaturated/α-hetero) is 1. The molecular weight excluding hydrogens is 240 g/mol. The number of ketones is 1. The number of hydrogen-bond acceptors (Lipinski definition) is 2. The van der Waals surface area contributed by atoms with E-state index in [1.54, 1.807) is 23.2 Å². The van der Waals surface area contributed by atoms with Crippen molar-refractivity contribution in [1.29, 1.82) is 0 Å². The van der Waals surface area contributed by atoms with Gasteiger partial charge in [-0.25, -0.2) is 4.79 Å². The van der Waals surface area contributed by atoms with Crippen molar-refractivity contribution in [3.05, 3.63) is 34.2 Å². The molecule has 4 heteroatoms. The molecule has 4 nitrogen and oxygen atoms in total. The second-order valence-electron chi connectivity index (χ2n) is 5.24. The van der Waals surface area contributed by atoms with Crippen LogP contribution in [0, 0.1) is 5.92 Å². The van der Waals surface area contributed by atoms with Gasteiger partial charge in [-0.2, -0.15) is 0 Å². The highest BCUT2D eigenvalue weighted by molar-refractivity contribution is 5.99. The number of aromatic nitrogens is 2. The van der Waals surface area contributed by atoms with Gasteiger partial charge in [0.15, 0.2) is 5.78 Å². The van der Waals surface area contributed by atoms with Crippen molar-refractivity contribution in [2.24, 2.45) is 20.0 Å². The molecule has 2 rings (SSSR count). The second kappa shape index (κ2) is 5.03. The Balaban J connectivity index is 2.45. The molecule has 0 spiro atoms. The summed E-state index contributed by atoms with van der Waals surface area (Å²) in [6, 6.07) is 5.48. The maximum atomic E-state index is 12.2. The number of benzene rings is 1. The first-order chi connectivity index (χ1) is 8.95. The predicted molar refractivity (Wildman–Crippen MR) is 76.6 cm³/mol. The predicted octanol–water partition coefficient (Wildman–Crippen LogP) is 2.50. The zero-order valence-electron chi connectivity index (χ0n) is 11.9. The summed E-state index contributed by atoms with van der Waals surface area (Å²) in [4.78, 5) is 24.0. The van der Waals surface area contributed by atoms with Crippen molar-refractivity contribution in [3.63, 3.8) is 0 Å². The van der Waals surface area contributed by atoms with Gasteiger partial charge in [-0.3, -0.25) is 13.9 Å². The molecule has 0 bridgehead atoms. The molecule has 1 aromatic heterocycles. The molecule has 2 aromatic rings. The van der Waals surface area contributed by atoms with Crippen LogP contribution in [0.4, 0.5) is 0 Å². The van der Waals surface area contributed by atoms with Gasteiger partial charge in [0.2, 0.25) is 0 Å². The molecule has 0 fully saturated rings. The molecule has 0 aliphatic rings. The van der Waals surface area contributed by atoms with E-state index in [1.165, 1.54) is 0 Å². The maximum absolute atomic E-state index is 12.2. The van der Waals surface area contributed by atoms with Gasteiger partial charge >= 0.3 is 5.69 Å². The van der Waals surface area contributed by atoms with Crippen molar-refractivity contribution in [3.8, 4) is 0 Å². The van der Waals surface area contributed by atoms with Crippen molar-refractivity contribution in [1.82, 2.24) is 9.13 Å². The fourth-order valence-electron chi connectivity index (χ4n) is 2.26. The van der Waals surface area contributed by atoms with E-state index < -0.39 is 0 Å². The van der Waals surface area contributed by atoms with Crippen LogP contribution in [-0.2, 0) is 14.1 Å². The Bertz CT molecular complexity index is 679. The molecule has 0 aliphatic heterocycles. The maximum Gasteiger partial charge on any atom is 0.328 e. The first kappa shape index (κ1) is 13.6. The van der Waals surface area contributed by atoms with Gasteiger partial charge in [0.05, 0.1) is 11.0 Å². The minimum atomic E-state index is -0.0680. The summed E-state index contributed by atoms with van der Waals surface area (Å²) in [7, 11) is 3.47. The molecule has 1 atom stereocenters. The SMILES string of the molecule is CCC(C)CC(=O)c1ccc2c(c1)n(C)c(=O)n2C. The zero-order chi connectivity index (χ0) is 14.2. The third kappa shape index (κ3) is 2.35. The highest BCUT2D eigenvalue weighted by Gasteiger charge is 2.13. The molecule has 1 unspecified atom stereocenters. The number of nitrogens with zero attached hydrogens (tertiary/aromatic N) is 2. The topological polar surface area (TPSA) is 44.0 Å². The highest BCUT2D eigenvalue weighted by Crippen LogP contribution is 2.17. The molecule has 1 aromatic carbocycles. The van der Waals surface area contributed by atoms with Gasteiger partial charge in [-0.15, -0.1) is 0 Å². The van der Waals surface area contributed by atoms with Crippen LogP contribution in [0.3, 0.4) is 0 Å². The van der Waals surface area contributed by atoms with Crippen LogP contribution in [0.25, 0.3) is 11.0 Å². The van der Waals surface area contributed by atoms with Crippen LogP contribution in [0.1, 0.15) is 37.0 Å². The van der Waals surface area contributed by atoms with Crippen molar-refractivity contribution >= 4 is 16.8 Å². The molecule has 1 heterocycles. The van der Waals surface area contributed by atoms with E-state index in [2.05, 4.69) is 13.8 Å². The quantitative estimate of drug-likeness (QED) is 0.793. The minimum absolute atomic E-state index is 0.0680. The Hall–Kier alpha value is -1.84. The molecule has 0 saturated heterocycles. The van der Waals surface area contributed by atoms with Crippen LogP contribution < -0.4 is 5.69 Å². The van der Waals surface area contributed by atoms with Gasteiger partial charge in [0, 0.05) is 26.1 Å². The molecule has 0 amide bonds. The summed E-state index contributed by atoms with van der Waals surface area (Å²) in [6.07, 6.45) is 1.56. The van der Waals surface area contributed by atoms with Gasteiger partial charge in [-0.1, -0.05) is 20.3 Å². The molecule has 0 saturated carbocycles. The van der Waals surface area contributed by atoms with Gasteiger partial charge < -0.3 is 0 Å². The number of carbonyl (C=O) groups is 1. The Morgan fingerprint density at radius 2 is 1.84 bits per heavy atom. The lowest BCUT2D eigenvalue weighted by molar-refractivity contribution is 0.0964. The second-order valence-corrected chi connectivity index (χ2v) is 5.24. The number of carbonyl (C=O) groups excluding carboxylic acids is 1. The normalized spacial score (nSPS) is 12.8. The summed E-state index contributed by atoms with van der Waals surface area (Å²) in [5.74, 6) is 0.537. The molecule has 102 valence electrons. The van der Waals surface area contributed by atoms with E-state index in [4.69, 9.17) is 0 Å². The van der Waals surface area contributed by atoms with E-state index in [0.717, 1.165) is 17.5 Å². The van der Waals surface area contributed by atoms with Crippen LogP contribution in [0.2, 0.25) is 0 Å². The minimum Gasteiger partial charge on any atom is -0.295 e. The van der Waals surface area contributed by atoms with Gasteiger partial charge in [0.25, 0.3) is 0 Å². The smallest absolute Gasteiger partial charge is 0.295 e. The van der Waals surface area contributed by atoms with Crippen molar-refractivity contribution in [2.45, 2.75) is 26.7 Å². The Labute approximate surface area is 112 Å². The fraction of sp³-hybridized carbons (Fsp3) is 0.467. The first-order valence-corrected chi connectivity index (χ1v) is 6.64. The highest BCUT2D eigenvalue weighted by atomic mass is 16.1. The number of aryl methyl sites for hydroxylation is 2. The number of fused-ring (bicyclic) bond motifs is 1. The van der Waals surface area contributed by atoms with E-state index in [1.807, 2.05) is 18.2 Å². The van der Waals surface area contributed by atoms with Crippen LogP contribution in [0.5, 0.6) is 0 Å². The third-order valence-corrected chi connectivity index (χ3v) is 3.82. The number of hydrogen-bond donors (Lipinski definition) is 0. The lowest BCUT2D eigenvalue weighted by Crippen LogP contribution is -2.19. The summed E-state index contributed by atoms with van der Waals surface area (Å²) in [5, 5.41) is 0. The summed E-state index contributed by atoms with van der Waals surface area (Å²) in [6.45, 7) is 4.16. The van der Waals surface area contributed by atoms with Crippen molar-refractivity contribution in [2.75, 3.05) is 0 Å². The lowest BCUT2D eigenvalue weighted by atomic mass is 9.97. The average molecular weight is 260 g/mol. The van der Waals surface area contributed by atoms with E-state index in [0.29, 0.717) is 17.9 Å². The first-order valence-electron chi connectivity index (χ1n) is 6.64. The molecule has 19 heavy (non-hydrogen) atoms. The van der Waals surface area contributed by atoms with Gasteiger partial charge in [-0.05, 0) is 24.1 Å². The number of rotatable bonds is 4. The van der Waals surface area contributed by atoms with E-state index >= 15 is 0 Å². The summed E-state index contributed by atoms with van der Waals surface area (Å²) in [5.41, 5.74) is 2.28. The van der Waals surface area contributed by atoms with Gasteiger partial charge in [0.1, 0.15) is 0 Å². The lowest BCUT2D eigenvalue weighted by Gasteiger charge is -2.07. The summed E-state index contributed by atoms with van der Waals surface area (Å²) >= 11 is 0. The Kier molecular flexibility index (Phi) is 3.60. The largest absolute Gasteiger partial charge is 0.328 e. The fourth-order valence-corrected chi connectivity index (χ4v) is 2.26. The monoisotopic (exact) mass is 260 g/mol. The number of imidazole rings is 1. The van der Waals surface area contributed by atoms with Crippen LogP contribution in [0.15, 0.2) is 23.0 Å². The molecule has 0 radical (unpaired) electrons. The van der Waals surface area contributed by atoms with Crippen molar-refractivity contribution < 1.29 is 4.79 Å². The van der Waals surface area contributed by atoms with E-state index in [9.17, 15) is 9.59 Å². The average Bonchev–Trinajstić information content (AvgIpc) is 2.63. The molecule has 0 aliphatic carbocycles. The van der Waals surface area contributed by atoms with E-state index in [-0.39, 0.29) is 11.5 Å². The molecule has 0 N–H and O–H groups in total. The third-order valence-electron chi connectivity index (χ3n) is 3.82. The van der Waals surface area contributed by atoms with Crippen LogP contribution >= 0.6 is 0 Å².